The van der Waals surface area contributed by atoms with Crippen molar-refractivity contribution in [2.24, 2.45) is 0 Å². The largest absolute Gasteiger partial charge is 2.00 e. The fraction of sp³-hybridized carbons (Fsp3) is 0.111. The summed E-state index contributed by atoms with van der Waals surface area (Å²) in [5.41, 5.74) is 0. The number of hydrogen-bond donors (Lipinski definition) is 0. The first-order valence-corrected chi connectivity index (χ1v) is 3.48. The molecule has 0 amide bonds. The zero-order chi connectivity index (χ0) is 8.97. The van der Waals surface area contributed by atoms with Crippen LogP contribution < -0.4 is 4.74 Å². The number of ether oxygens (including phenoxy) is 1. The molecule has 0 N–H and O–H groups in total. The Kier molecular flexibility index (Phi) is 6.36. The first-order chi connectivity index (χ1) is 5.70. The zero-order valence-electron chi connectivity index (χ0n) is 9.32. The van der Waals surface area contributed by atoms with E-state index in [0.29, 0.717) is 5.75 Å². The first kappa shape index (κ1) is 12.9. The van der Waals surface area contributed by atoms with Crippen LogP contribution in [0.1, 0.15) is 9.78 Å². The van der Waals surface area contributed by atoms with Gasteiger partial charge in [-0.25, -0.2) is 4.79 Å². The summed E-state index contributed by atoms with van der Waals surface area (Å²) in [5.74, 6) is -1.04. The van der Waals surface area contributed by atoms with Crippen LogP contribution >= 0.6 is 0 Å². The van der Waals surface area contributed by atoms with Gasteiger partial charge in [-0.15, -0.1) is 0 Å². The van der Waals surface area contributed by atoms with Gasteiger partial charge in [-0.1, -0.05) is 18.2 Å². The molecule has 3 nitrogen and oxygen atoms in total. The van der Waals surface area contributed by atoms with Crippen LogP contribution in [0, 0.1) is 0 Å². The molecule has 1 aromatic carbocycles. The van der Waals surface area contributed by atoms with Crippen LogP contribution in [0.3, 0.4) is 0 Å². The van der Waals surface area contributed by atoms with Gasteiger partial charge in [0, 0.05) is 6.92 Å². The maximum atomic E-state index is 10.7. The van der Waals surface area contributed by atoms with Crippen molar-refractivity contribution in [3.05, 3.63) is 30.3 Å². The molecule has 1 aromatic rings. The van der Waals surface area contributed by atoms with Crippen molar-refractivity contribution in [1.82, 2.24) is 0 Å². The Morgan fingerprint density at radius 2 is 1.77 bits per heavy atom. The molecule has 0 heterocycles. The third kappa shape index (κ3) is 4.64. The molecular formula is C9H10BaO3. The Morgan fingerprint density at radius 1 is 1.23 bits per heavy atom. The summed E-state index contributed by atoms with van der Waals surface area (Å²) in [6.45, 7) is 1.17. The third-order valence-electron chi connectivity index (χ3n) is 1.24. The van der Waals surface area contributed by atoms with Crippen LogP contribution in [0.15, 0.2) is 30.3 Å². The van der Waals surface area contributed by atoms with Gasteiger partial charge >= 0.3 is 54.9 Å². The van der Waals surface area contributed by atoms with Crippen molar-refractivity contribution < 1.29 is 17.2 Å². The van der Waals surface area contributed by atoms with Crippen LogP contribution in [0.5, 0.6) is 5.75 Å². The number of esters is 1. The van der Waals surface area contributed by atoms with E-state index in [-0.39, 0.29) is 51.7 Å². The number of ketones is 1. The van der Waals surface area contributed by atoms with E-state index in [0.717, 1.165) is 0 Å². The summed E-state index contributed by atoms with van der Waals surface area (Å²) >= 11 is 0. The van der Waals surface area contributed by atoms with Crippen molar-refractivity contribution in [1.29, 1.82) is 0 Å². The van der Waals surface area contributed by atoms with Crippen LogP contribution in [-0.2, 0) is 9.59 Å². The Bertz CT molecular complexity index is 303. The van der Waals surface area contributed by atoms with Gasteiger partial charge in [-0.2, -0.15) is 0 Å². The minimum Gasteiger partial charge on any atom is -1.00 e. The number of hydrogen-bond acceptors (Lipinski definition) is 3. The molecule has 0 fully saturated rings. The average molecular weight is 304 g/mol. The maximum absolute atomic E-state index is 10.7. The Labute approximate surface area is 120 Å². The van der Waals surface area contributed by atoms with Gasteiger partial charge in [0.05, 0.1) is 0 Å². The standard InChI is InChI=1S/C9H8O3.Ba.2H/c1-7(10)9(11)12-8-5-3-2-4-6-8;;;/h2-6H,1H3;;;/q;+2;2*-1. The van der Waals surface area contributed by atoms with Gasteiger partial charge in [0.15, 0.2) is 0 Å². The van der Waals surface area contributed by atoms with Crippen molar-refractivity contribution >= 4 is 60.6 Å². The summed E-state index contributed by atoms with van der Waals surface area (Å²) in [4.78, 5) is 21.2. The molecule has 0 bridgehead atoms. The normalized spacial score (nSPS) is 8.38. The summed E-state index contributed by atoms with van der Waals surface area (Å²) in [7, 11) is 0. The molecule has 0 aromatic heterocycles. The van der Waals surface area contributed by atoms with Gasteiger partial charge in [0.2, 0.25) is 5.78 Å². The second-order valence-electron chi connectivity index (χ2n) is 2.26. The Hall–Kier alpha value is -0.0686. The van der Waals surface area contributed by atoms with E-state index in [1.165, 1.54) is 6.92 Å². The molecule has 1 rings (SSSR count). The summed E-state index contributed by atoms with van der Waals surface area (Å²) in [5, 5.41) is 0. The molecule has 0 saturated heterocycles. The van der Waals surface area contributed by atoms with Gasteiger partial charge in [0.1, 0.15) is 5.75 Å². The van der Waals surface area contributed by atoms with Gasteiger partial charge in [0.25, 0.3) is 0 Å². The molecule has 0 aliphatic rings. The zero-order valence-corrected chi connectivity index (χ0v) is 11.8. The summed E-state index contributed by atoms with van der Waals surface area (Å²) < 4.78 is 4.69. The number of rotatable bonds is 2. The monoisotopic (exact) mass is 304 g/mol. The number of carbonyl (C=O) groups excluding carboxylic acids is 2. The fourth-order valence-electron chi connectivity index (χ4n) is 0.667. The Morgan fingerprint density at radius 3 is 2.23 bits per heavy atom. The molecule has 0 aliphatic heterocycles. The second-order valence-corrected chi connectivity index (χ2v) is 2.26. The van der Waals surface area contributed by atoms with Gasteiger partial charge in [-0.3, -0.25) is 4.79 Å². The van der Waals surface area contributed by atoms with E-state index in [2.05, 4.69) is 4.74 Å². The number of carbonyl (C=O) groups is 2. The van der Waals surface area contributed by atoms with Gasteiger partial charge in [-0.05, 0) is 12.1 Å². The molecular weight excluding hydrogens is 293 g/mol. The number of Topliss-reactive ketones (excluding diaryl/α,β-unsaturated/α-hetero) is 1. The molecule has 4 heteroatoms. The first-order valence-electron chi connectivity index (χ1n) is 3.48. The predicted molar refractivity (Wildman–Crippen MR) is 50.7 cm³/mol. The fourth-order valence-corrected chi connectivity index (χ4v) is 0.667. The Balaban J connectivity index is -0.000000480. The van der Waals surface area contributed by atoms with Crippen molar-refractivity contribution in [2.75, 3.05) is 0 Å². The van der Waals surface area contributed by atoms with E-state index in [1.54, 1.807) is 30.3 Å². The van der Waals surface area contributed by atoms with E-state index in [4.69, 9.17) is 0 Å². The molecule has 13 heavy (non-hydrogen) atoms. The smallest absolute Gasteiger partial charge is 1.00 e. The van der Waals surface area contributed by atoms with Crippen molar-refractivity contribution in [3.8, 4) is 5.75 Å². The van der Waals surface area contributed by atoms with E-state index in [9.17, 15) is 9.59 Å². The maximum Gasteiger partial charge on any atom is 2.00 e. The van der Waals surface area contributed by atoms with Crippen LogP contribution in [0.2, 0.25) is 0 Å². The third-order valence-corrected chi connectivity index (χ3v) is 1.24. The molecule has 0 spiro atoms. The molecule has 0 unspecified atom stereocenters. The van der Waals surface area contributed by atoms with Gasteiger partial charge < -0.3 is 7.59 Å². The summed E-state index contributed by atoms with van der Waals surface area (Å²) in [6, 6.07) is 8.47. The molecule has 0 saturated carbocycles. The van der Waals surface area contributed by atoms with E-state index in [1.807, 2.05) is 0 Å². The molecule has 0 aliphatic carbocycles. The minimum atomic E-state index is -0.832. The number of benzene rings is 1. The second kappa shape index (κ2) is 6.40. The topological polar surface area (TPSA) is 43.4 Å². The molecule has 66 valence electrons. The number of para-hydroxylation sites is 1. The molecule has 0 atom stereocenters. The SMILES string of the molecule is CC(=O)C(=O)Oc1ccccc1.[Ba+2].[H-].[H-]. The van der Waals surface area contributed by atoms with E-state index >= 15 is 0 Å². The quantitative estimate of drug-likeness (QED) is 0.355. The average Bonchev–Trinajstić information content (AvgIpc) is 2.06. The summed E-state index contributed by atoms with van der Waals surface area (Å²) in [6.07, 6.45) is 0. The van der Waals surface area contributed by atoms with Crippen LogP contribution in [-0.4, -0.2) is 60.6 Å². The minimum absolute atomic E-state index is 0. The van der Waals surface area contributed by atoms with Crippen molar-refractivity contribution in [2.45, 2.75) is 6.92 Å². The van der Waals surface area contributed by atoms with Crippen LogP contribution in [0.25, 0.3) is 0 Å². The molecule has 0 radical (unpaired) electrons. The predicted octanol–water partition coefficient (Wildman–Crippen LogP) is 1.03. The van der Waals surface area contributed by atoms with Crippen molar-refractivity contribution in [3.63, 3.8) is 0 Å². The van der Waals surface area contributed by atoms with E-state index < -0.39 is 11.8 Å². The van der Waals surface area contributed by atoms with Crippen LogP contribution in [0.4, 0.5) is 0 Å².